The molecule has 184 valence electrons. The molecule has 3 atom stereocenters. The minimum Gasteiger partial charge on any atom is -0.373 e. The Kier molecular flexibility index (Phi) is 5.27. The van der Waals surface area contributed by atoms with Crippen LogP contribution in [0.1, 0.15) is 36.5 Å². The zero-order chi connectivity index (χ0) is 25.1. The predicted octanol–water partition coefficient (Wildman–Crippen LogP) is 5.52. The van der Waals surface area contributed by atoms with E-state index in [0.29, 0.717) is 6.54 Å². The number of carbonyl (C=O) groups excluding carboxylic acids is 1. The van der Waals surface area contributed by atoms with Crippen molar-refractivity contribution in [3.05, 3.63) is 95.4 Å². The van der Waals surface area contributed by atoms with E-state index in [9.17, 15) is 9.18 Å². The summed E-state index contributed by atoms with van der Waals surface area (Å²) in [5, 5.41) is 5.66. The average Bonchev–Trinajstić information content (AvgIpc) is 3.54. The summed E-state index contributed by atoms with van der Waals surface area (Å²) in [6.45, 7) is 5.23. The third-order valence-corrected chi connectivity index (χ3v) is 8.53. The highest BCUT2D eigenvalue weighted by atomic mass is 19.1. The quantitative estimate of drug-likeness (QED) is 0.384. The number of benzene rings is 3. The zero-order valence-corrected chi connectivity index (χ0v) is 20.9. The van der Waals surface area contributed by atoms with Gasteiger partial charge in [0.25, 0.3) is 0 Å². The van der Waals surface area contributed by atoms with Crippen LogP contribution in [0.25, 0.3) is 16.6 Å². The van der Waals surface area contributed by atoms with E-state index in [1.807, 2.05) is 29.0 Å². The molecule has 36 heavy (non-hydrogen) atoms. The third kappa shape index (κ3) is 3.39. The van der Waals surface area contributed by atoms with Crippen molar-refractivity contribution in [3.63, 3.8) is 0 Å². The fourth-order valence-corrected chi connectivity index (χ4v) is 6.79. The van der Waals surface area contributed by atoms with Gasteiger partial charge in [-0.15, -0.1) is 0 Å². The molecule has 0 bridgehead atoms. The molecular formula is C30H30FN3O2. The molecule has 0 N–H and O–H groups in total. The molecule has 2 fully saturated rings. The smallest absolute Gasteiger partial charge is 0.219 e. The fourth-order valence-electron chi connectivity index (χ4n) is 6.79. The Morgan fingerprint density at radius 2 is 1.86 bits per heavy atom. The number of aryl methyl sites for hydroxylation is 1. The number of aromatic nitrogens is 2. The number of methoxy groups -OCH3 is 1. The summed E-state index contributed by atoms with van der Waals surface area (Å²) in [5.74, 6) is 0.135. The van der Waals surface area contributed by atoms with E-state index in [2.05, 4.69) is 48.4 Å². The maximum absolute atomic E-state index is 13.5. The molecule has 2 aliphatic rings. The minimum absolute atomic E-state index is 0.120. The second-order valence-electron chi connectivity index (χ2n) is 10.5. The molecule has 1 amide bonds. The molecule has 6 heteroatoms. The predicted molar refractivity (Wildman–Crippen MR) is 138 cm³/mol. The standard InChI is InChI=1S/C30H30FN3O2/c1-20-13-28-22(16-32-34(28)26-11-9-25(31)10-12-26)14-27(20)29-18-30(36-3,23-7-5-4-6-8-23)15-24(29)17-33(19-29)21(2)35/h4-14,16,24H,15,17-19H2,1-3H3/t24-,29-,30-/m1/s1. The number of ether oxygens (including phenoxy) is 1. The van der Waals surface area contributed by atoms with Gasteiger partial charge in [0.1, 0.15) is 5.82 Å². The highest BCUT2D eigenvalue weighted by Crippen LogP contribution is 2.59. The SMILES string of the molecule is CO[C@]1(c2ccccc2)C[C@@H]2CN(C(C)=O)C[C@]2(c2cc3cnn(-c4ccc(F)cc4)c3cc2C)C1. The number of nitrogens with zero attached hydrogens (tertiary/aromatic N) is 3. The van der Waals surface area contributed by atoms with Gasteiger partial charge in [0.15, 0.2) is 0 Å². The molecule has 2 heterocycles. The number of hydrogen-bond acceptors (Lipinski definition) is 3. The zero-order valence-electron chi connectivity index (χ0n) is 20.9. The van der Waals surface area contributed by atoms with Gasteiger partial charge >= 0.3 is 0 Å². The van der Waals surface area contributed by atoms with Crippen LogP contribution in [0.3, 0.4) is 0 Å². The summed E-state index contributed by atoms with van der Waals surface area (Å²) in [4.78, 5) is 14.5. The van der Waals surface area contributed by atoms with Crippen molar-refractivity contribution >= 4 is 16.8 Å². The molecule has 1 aliphatic heterocycles. The molecule has 1 aliphatic carbocycles. The van der Waals surface area contributed by atoms with Crippen molar-refractivity contribution in [1.82, 2.24) is 14.7 Å². The van der Waals surface area contributed by atoms with Gasteiger partial charge in [0, 0.05) is 37.9 Å². The van der Waals surface area contributed by atoms with Crippen molar-refractivity contribution in [1.29, 1.82) is 0 Å². The maximum atomic E-state index is 13.5. The van der Waals surface area contributed by atoms with Crippen molar-refractivity contribution < 1.29 is 13.9 Å². The Labute approximate surface area is 210 Å². The first kappa shape index (κ1) is 22.9. The molecule has 4 aromatic rings. The molecular weight excluding hydrogens is 453 g/mol. The average molecular weight is 484 g/mol. The first-order chi connectivity index (χ1) is 17.3. The Morgan fingerprint density at radius 3 is 2.56 bits per heavy atom. The van der Waals surface area contributed by atoms with E-state index in [1.165, 1.54) is 28.8 Å². The van der Waals surface area contributed by atoms with Gasteiger partial charge in [0.05, 0.1) is 23.0 Å². The van der Waals surface area contributed by atoms with Crippen LogP contribution < -0.4 is 0 Å². The van der Waals surface area contributed by atoms with Gasteiger partial charge in [-0.1, -0.05) is 30.3 Å². The van der Waals surface area contributed by atoms with Crippen LogP contribution in [0.15, 0.2) is 72.9 Å². The van der Waals surface area contributed by atoms with Crippen molar-refractivity contribution in [3.8, 4) is 5.69 Å². The lowest BCUT2D eigenvalue weighted by Gasteiger charge is -2.35. The Bertz CT molecular complexity index is 1450. The summed E-state index contributed by atoms with van der Waals surface area (Å²) in [5.41, 5.74) is 4.82. The van der Waals surface area contributed by atoms with Gasteiger partial charge < -0.3 is 9.64 Å². The molecule has 1 saturated carbocycles. The number of carbonyl (C=O) groups is 1. The van der Waals surface area contributed by atoms with Gasteiger partial charge in [0.2, 0.25) is 5.91 Å². The van der Waals surface area contributed by atoms with Crippen molar-refractivity contribution in [2.45, 2.75) is 37.7 Å². The van der Waals surface area contributed by atoms with Crippen LogP contribution in [0.5, 0.6) is 0 Å². The van der Waals surface area contributed by atoms with Gasteiger partial charge in [-0.3, -0.25) is 4.79 Å². The van der Waals surface area contributed by atoms with Crippen LogP contribution in [0.4, 0.5) is 4.39 Å². The van der Waals surface area contributed by atoms with Crippen LogP contribution in [0, 0.1) is 18.7 Å². The minimum atomic E-state index is -0.394. The van der Waals surface area contributed by atoms with E-state index < -0.39 is 5.60 Å². The lowest BCUT2D eigenvalue weighted by Crippen LogP contribution is -2.37. The summed E-state index contributed by atoms with van der Waals surface area (Å²) in [7, 11) is 1.81. The molecule has 1 aromatic heterocycles. The molecule has 0 radical (unpaired) electrons. The van der Waals surface area contributed by atoms with Crippen LogP contribution in [-0.4, -0.2) is 40.8 Å². The number of amides is 1. The largest absolute Gasteiger partial charge is 0.373 e. The lowest BCUT2D eigenvalue weighted by molar-refractivity contribution is -0.128. The van der Waals surface area contributed by atoms with Crippen LogP contribution in [0.2, 0.25) is 0 Å². The highest BCUT2D eigenvalue weighted by Gasteiger charge is 2.61. The summed E-state index contributed by atoms with van der Waals surface area (Å²) in [6.07, 6.45) is 3.55. The molecule has 0 unspecified atom stereocenters. The van der Waals surface area contributed by atoms with E-state index in [-0.39, 0.29) is 23.1 Å². The Balaban J connectivity index is 1.48. The lowest BCUT2D eigenvalue weighted by atomic mass is 9.72. The van der Waals surface area contributed by atoms with Crippen LogP contribution >= 0.6 is 0 Å². The summed E-state index contributed by atoms with van der Waals surface area (Å²) in [6, 6.07) is 21.3. The van der Waals surface area contributed by atoms with Crippen molar-refractivity contribution in [2.24, 2.45) is 5.92 Å². The Morgan fingerprint density at radius 1 is 1.11 bits per heavy atom. The van der Waals surface area contributed by atoms with E-state index in [0.717, 1.165) is 36.0 Å². The van der Waals surface area contributed by atoms with E-state index >= 15 is 0 Å². The number of likely N-dealkylation sites (tertiary alicyclic amines) is 1. The van der Waals surface area contributed by atoms with Gasteiger partial charge in [-0.2, -0.15) is 5.10 Å². The van der Waals surface area contributed by atoms with E-state index in [4.69, 9.17) is 4.74 Å². The first-order valence-electron chi connectivity index (χ1n) is 12.5. The normalized spacial score (nSPS) is 25.4. The molecule has 1 saturated heterocycles. The fraction of sp³-hybridized carbons (Fsp3) is 0.333. The summed E-state index contributed by atoms with van der Waals surface area (Å²) >= 11 is 0. The molecule has 0 spiro atoms. The maximum Gasteiger partial charge on any atom is 0.219 e. The van der Waals surface area contributed by atoms with Gasteiger partial charge in [-0.05, 0) is 78.8 Å². The second kappa shape index (κ2) is 8.27. The first-order valence-corrected chi connectivity index (χ1v) is 12.5. The topological polar surface area (TPSA) is 47.4 Å². The third-order valence-electron chi connectivity index (χ3n) is 8.53. The second-order valence-corrected chi connectivity index (χ2v) is 10.5. The van der Waals surface area contributed by atoms with Crippen LogP contribution in [-0.2, 0) is 20.5 Å². The number of hydrogen-bond donors (Lipinski definition) is 0. The monoisotopic (exact) mass is 483 g/mol. The number of rotatable bonds is 4. The Hall–Kier alpha value is -3.51. The van der Waals surface area contributed by atoms with Gasteiger partial charge in [-0.25, -0.2) is 9.07 Å². The number of halogens is 1. The molecule has 5 nitrogen and oxygen atoms in total. The molecule has 6 rings (SSSR count). The summed E-state index contributed by atoms with van der Waals surface area (Å²) < 4.78 is 21.7. The highest BCUT2D eigenvalue weighted by molar-refractivity contribution is 5.83. The van der Waals surface area contributed by atoms with Crippen molar-refractivity contribution in [2.75, 3.05) is 20.2 Å². The number of fused-ring (bicyclic) bond motifs is 2. The molecule has 3 aromatic carbocycles. The van der Waals surface area contributed by atoms with E-state index in [1.54, 1.807) is 19.1 Å².